The van der Waals surface area contributed by atoms with Crippen molar-refractivity contribution in [3.05, 3.63) is 0 Å². The zero-order chi connectivity index (χ0) is 6.74. The van der Waals surface area contributed by atoms with Gasteiger partial charge in [-0.3, -0.25) is 0 Å². The zero-order valence-electron chi connectivity index (χ0n) is 5.85. The molecule has 0 spiro atoms. The lowest BCUT2D eigenvalue weighted by Crippen LogP contribution is -2.26. The van der Waals surface area contributed by atoms with Gasteiger partial charge in [-0.15, -0.1) is 11.8 Å². The second kappa shape index (κ2) is 2.90. The van der Waals surface area contributed by atoms with Crippen molar-refractivity contribution in [2.75, 3.05) is 26.6 Å². The van der Waals surface area contributed by atoms with Gasteiger partial charge >= 0.3 is 0 Å². The number of rotatable bonds is 2. The summed E-state index contributed by atoms with van der Waals surface area (Å²) in [5, 5.41) is 0. The first-order chi connectivity index (χ1) is 4.33. The summed E-state index contributed by atoms with van der Waals surface area (Å²) in [7, 11) is 1.74. The molecular formula is C6H12O2S. The third kappa shape index (κ3) is 1.39. The average Bonchev–Trinajstić information content (AvgIpc) is 2.36. The first-order valence-electron chi connectivity index (χ1n) is 3.01. The van der Waals surface area contributed by atoms with Gasteiger partial charge in [0.1, 0.15) is 4.93 Å². The van der Waals surface area contributed by atoms with Crippen LogP contribution in [0.2, 0.25) is 0 Å². The Morgan fingerprint density at radius 2 is 2.44 bits per heavy atom. The van der Waals surface area contributed by atoms with Crippen molar-refractivity contribution in [2.24, 2.45) is 0 Å². The lowest BCUT2D eigenvalue weighted by Gasteiger charge is -2.22. The molecule has 0 saturated carbocycles. The van der Waals surface area contributed by atoms with Crippen LogP contribution >= 0.6 is 11.8 Å². The summed E-state index contributed by atoms with van der Waals surface area (Å²) in [5.74, 6) is 0. The van der Waals surface area contributed by atoms with Crippen molar-refractivity contribution in [1.29, 1.82) is 0 Å². The van der Waals surface area contributed by atoms with Crippen LogP contribution in [0.15, 0.2) is 0 Å². The lowest BCUT2D eigenvalue weighted by atomic mass is 10.3. The molecule has 0 bridgehead atoms. The highest BCUT2D eigenvalue weighted by atomic mass is 32.2. The predicted molar refractivity (Wildman–Crippen MR) is 38.7 cm³/mol. The Morgan fingerprint density at radius 3 is 2.67 bits per heavy atom. The minimum Gasteiger partial charge on any atom is -0.377 e. The molecule has 1 atom stereocenters. The Bertz CT molecular complexity index is 83.1. The Morgan fingerprint density at radius 1 is 1.67 bits per heavy atom. The minimum atomic E-state index is -0.0278. The van der Waals surface area contributed by atoms with Gasteiger partial charge in [0.05, 0.1) is 13.2 Å². The van der Waals surface area contributed by atoms with Crippen LogP contribution in [0.3, 0.4) is 0 Å². The topological polar surface area (TPSA) is 18.5 Å². The Balaban J connectivity index is 2.45. The van der Waals surface area contributed by atoms with Crippen molar-refractivity contribution in [3.8, 4) is 0 Å². The molecule has 3 heteroatoms. The Hall–Kier alpha value is 0.270. The van der Waals surface area contributed by atoms with Crippen LogP contribution in [-0.4, -0.2) is 31.5 Å². The second-order valence-corrected chi connectivity index (χ2v) is 3.27. The molecule has 0 amide bonds. The van der Waals surface area contributed by atoms with E-state index in [0.717, 1.165) is 19.6 Å². The van der Waals surface area contributed by atoms with E-state index in [1.165, 1.54) is 0 Å². The van der Waals surface area contributed by atoms with E-state index in [4.69, 9.17) is 9.47 Å². The van der Waals surface area contributed by atoms with Gasteiger partial charge in [-0.05, 0) is 6.26 Å². The van der Waals surface area contributed by atoms with Gasteiger partial charge in [0, 0.05) is 13.5 Å². The quantitative estimate of drug-likeness (QED) is 0.547. The summed E-state index contributed by atoms with van der Waals surface area (Å²) in [6.07, 6.45) is 3.07. The summed E-state index contributed by atoms with van der Waals surface area (Å²) >= 11 is 1.73. The maximum atomic E-state index is 5.29. The number of hydrogen-bond donors (Lipinski definition) is 0. The van der Waals surface area contributed by atoms with Gasteiger partial charge in [-0.2, -0.15) is 0 Å². The Labute approximate surface area is 59.9 Å². The largest absolute Gasteiger partial charge is 0.377 e. The molecular weight excluding hydrogens is 136 g/mol. The molecule has 1 saturated heterocycles. The summed E-state index contributed by atoms with van der Waals surface area (Å²) in [4.78, 5) is -0.0278. The average molecular weight is 148 g/mol. The van der Waals surface area contributed by atoms with E-state index in [1.807, 2.05) is 0 Å². The first kappa shape index (κ1) is 7.38. The summed E-state index contributed by atoms with van der Waals surface area (Å²) < 4.78 is 10.5. The molecule has 0 aromatic rings. The molecule has 1 heterocycles. The molecule has 1 fully saturated rings. The van der Waals surface area contributed by atoms with E-state index >= 15 is 0 Å². The van der Waals surface area contributed by atoms with Crippen molar-refractivity contribution < 1.29 is 9.47 Å². The number of methoxy groups -OCH3 is 1. The standard InChI is InChI=1S/C6H12O2S/c1-7-6(9-2)3-4-8-5-6/h3-5H2,1-2H3/t6-/m1/s1. The van der Waals surface area contributed by atoms with Crippen LogP contribution in [0.4, 0.5) is 0 Å². The Kier molecular flexibility index (Phi) is 2.38. The molecule has 1 aliphatic heterocycles. The van der Waals surface area contributed by atoms with Gasteiger partial charge in [-0.1, -0.05) is 0 Å². The molecule has 1 rings (SSSR count). The van der Waals surface area contributed by atoms with Crippen molar-refractivity contribution in [2.45, 2.75) is 11.4 Å². The van der Waals surface area contributed by atoms with Gasteiger partial charge in [0.2, 0.25) is 0 Å². The molecule has 0 unspecified atom stereocenters. The molecule has 0 radical (unpaired) electrons. The van der Waals surface area contributed by atoms with E-state index in [-0.39, 0.29) is 4.93 Å². The summed E-state index contributed by atoms with van der Waals surface area (Å²) in [6, 6.07) is 0. The number of ether oxygens (including phenoxy) is 2. The molecule has 0 aromatic heterocycles. The van der Waals surface area contributed by atoms with E-state index in [0.29, 0.717) is 0 Å². The highest BCUT2D eigenvalue weighted by Crippen LogP contribution is 2.32. The van der Waals surface area contributed by atoms with Crippen molar-refractivity contribution in [1.82, 2.24) is 0 Å². The maximum absolute atomic E-state index is 5.29. The van der Waals surface area contributed by atoms with E-state index in [2.05, 4.69) is 6.26 Å². The third-order valence-corrected chi connectivity index (χ3v) is 2.93. The van der Waals surface area contributed by atoms with Gasteiger partial charge < -0.3 is 9.47 Å². The number of hydrogen-bond acceptors (Lipinski definition) is 3. The predicted octanol–water partition coefficient (Wildman–Crippen LogP) is 1.11. The summed E-state index contributed by atoms with van der Waals surface area (Å²) in [6.45, 7) is 1.58. The van der Waals surface area contributed by atoms with Crippen LogP contribution in [0.5, 0.6) is 0 Å². The van der Waals surface area contributed by atoms with E-state index in [1.54, 1.807) is 18.9 Å². The monoisotopic (exact) mass is 148 g/mol. The van der Waals surface area contributed by atoms with Crippen molar-refractivity contribution in [3.63, 3.8) is 0 Å². The molecule has 9 heavy (non-hydrogen) atoms. The van der Waals surface area contributed by atoms with Gasteiger partial charge in [0.25, 0.3) is 0 Å². The van der Waals surface area contributed by atoms with Crippen LogP contribution < -0.4 is 0 Å². The van der Waals surface area contributed by atoms with E-state index in [9.17, 15) is 0 Å². The highest BCUT2D eigenvalue weighted by Gasteiger charge is 2.33. The third-order valence-electron chi connectivity index (χ3n) is 1.69. The smallest absolute Gasteiger partial charge is 0.138 e. The molecule has 2 nitrogen and oxygen atoms in total. The van der Waals surface area contributed by atoms with Gasteiger partial charge in [0.15, 0.2) is 0 Å². The second-order valence-electron chi connectivity index (χ2n) is 2.12. The first-order valence-corrected chi connectivity index (χ1v) is 4.23. The fraction of sp³-hybridized carbons (Fsp3) is 1.00. The minimum absolute atomic E-state index is 0.0278. The fourth-order valence-corrected chi connectivity index (χ4v) is 1.59. The van der Waals surface area contributed by atoms with E-state index < -0.39 is 0 Å². The van der Waals surface area contributed by atoms with Gasteiger partial charge in [-0.25, -0.2) is 0 Å². The highest BCUT2D eigenvalue weighted by molar-refractivity contribution is 7.99. The molecule has 0 aliphatic carbocycles. The van der Waals surface area contributed by atoms with Crippen LogP contribution in [0.25, 0.3) is 0 Å². The molecule has 1 aliphatic rings. The number of thioether (sulfide) groups is 1. The maximum Gasteiger partial charge on any atom is 0.138 e. The SMILES string of the molecule is CO[C@@]1(SC)CCOC1. The molecule has 0 aromatic carbocycles. The van der Waals surface area contributed by atoms with Crippen molar-refractivity contribution >= 4 is 11.8 Å². The summed E-state index contributed by atoms with van der Waals surface area (Å²) in [5.41, 5.74) is 0. The fourth-order valence-electron chi connectivity index (χ4n) is 0.933. The molecule has 0 N–H and O–H groups in total. The molecule has 54 valence electrons. The zero-order valence-corrected chi connectivity index (χ0v) is 6.66. The lowest BCUT2D eigenvalue weighted by molar-refractivity contribution is 0.0561. The van der Waals surface area contributed by atoms with Crippen LogP contribution in [0.1, 0.15) is 6.42 Å². The van der Waals surface area contributed by atoms with Crippen LogP contribution in [-0.2, 0) is 9.47 Å². The normalized spacial score (nSPS) is 35.3. The van der Waals surface area contributed by atoms with Crippen LogP contribution in [0, 0.1) is 0 Å².